The monoisotopic (exact) mass is 223 g/mol. The van der Waals surface area contributed by atoms with Crippen LogP contribution in [0.4, 0.5) is 4.39 Å². The number of hydrogen-bond acceptors (Lipinski definition) is 2. The highest BCUT2D eigenvalue weighted by atomic mass is 19.1. The van der Waals surface area contributed by atoms with E-state index in [2.05, 4.69) is 0 Å². The van der Waals surface area contributed by atoms with Gasteiger partial charge in [0.05, 0.1) is 6.61 Å². The Hall–Kier alpha value is -0.930. The summed E-state index contributed by atoms with van der Waals surface area (Å²) in [5.41, 5.74) is 5.94. The van der Waals surface area contributed by atoms with E-state index in [1.54, 1.807) is 6.92 Å². The first kappa shape index (κ1) is 11.6. The molecule has 3 heteroatoms. The maximum Gasteiger partial charge on any atom is 0.138 e. The number of ether oxygens (including phenoxy) is 1. The zero-order valence-electron chi connectivity index (χ0n) is 9.58. The van der Waals surface area contributed by atoms with Gasteiger partial charge < -0.3 is 10.5 Å². The van der Waals surface area contributed by atoms with E-state index < -0.39 is 5.67 Å². The quantitative estimate of drug-likeness (QED) is 0.853. The van der Waals surface area contributed by atoms with Gasteiger partial charge in [-0.2, -0.15) is 0 Å². The van der Waals surface area contributed by atoms with Gasteiger partial charge in [-0.05, 0) is 24.5 Å². The second kappa shape index (κ2) is 4.52. The summed E-state index contributed by atoms with van der Waals surface area (Å²) in [5.74, 6) is -0.0412. The molecule has 2 unspecified atom stereocenters. The third-order valence-electron chi connectivity index (χ3n) is 3.42. The molecule has 1 aliphatic rings. The second-order valence-electron chi connectivity index (χ2n) is 4.54. The van der Waals surface area contributed by atoms with Gasteiger partial charge in [0.15, 0.2) is 0 Å². The molecular weight excluding hydrogens is 205 g/mol. The summed E-state index contributed by atoms with van der Waals surface area (Å²) >= 11 is 0. The molecule has 2 nitrogen and oxygen atoms in total. The third-order valence-corrected chi connectivity index (χ3v) is 3.42. The predicted molar refractivity (Wildman–Crippen MR) is 61.7 cm³/mol. The van der Waals surface area contributed by atoms with Crippen molar-refractivity contribution in [1.82, 2.24) is 0 Å². The Kier molecular flexibility index (Phi) is 3.26. The van der Waals surface area contributed by atoms with Crippen LogP contribution in [0.2, 0.25) is 0 Å². The molecule has 1 fully saturated rings. The smallest absolute Gasteiger partial charge is 0.138 e. The Labute approximate surface area is 95.6 Å². The molecule has 0 amide bonds. The molecule has 0 spiro atoms. The van der Waals surface area contributed by atoms with Crippen LogP contribution >= 0.6 is 0 Å². The first-order valence-corrected chi connectivity index (χ1v) is 5.70. The lowest BCUT2D eigenvalue weighted by Gasteiger charge is -2.27. The lowest BCUT2D eigenvalue weighted by atomic mass is 9.83. The highest BCUT2D eigenvalue weighted by molar-refractivity contribution is 5.28. The molecule has 0 radical (unpaired) electrons. The van der Waals surface area contributed by atoms with E-state index in [0.717, 1.165) is 12.0 Å². The fourth-order valence-electron chi connectivity index (χ4n) is 2.20. The van der Waals surface area contributed by atoms with E-state index >= 15 is 0 Å². The molecule has 0 aromatic heterocycles. The highest BCUT2D eigenvalue weighted by Crippen LogP contribution is 2.38. The van der Waals surface area contributed by atoms with Gasteiger partial charge in [-0.3, -0.25) is 0 Å². The molecule has 0 bridgehead atoms. The minimum Gasteiger partial charge on any atom is -0.381 e. The van der Waals surface area contributed by atoms with Gasteiger partial charge in [0.25, 0.3) is 0 Å². The standard InChI is InChI=1S/C13H18FNO/c1-13(14,12-5-6-16-9-12)11-4-2-3-10(7-11)8-15/h2-4,7,12H,5-6,8-9,15H2,1H3. The first-order valence-electron chi connectivity index (χ1n) is 5.70. The number of halogens is 1. The number of rotatable bonds is 3. The maximum absolute atomic E-state index is 14.7. The maximum atomic E-state index is 14.7. The van der Waals surface area contributed by atoms with Crippen molar-refractivity contribution >= 4 is 0 Å². The van der Waals surface area contributed by atoms with Crippen LogP contribution in [0.1, 0.15) is 24.5 Å². The summed E-state index contributed by atoms with van der Waals surface area (Å²) in [6, 6.07) is 7.48. The van der Waals surface area contributed by atoms with Crippen LogP contribution in [0.3, 0.4) is 0 Å². The summed E-state index contributed by atoms with van der Waals surface area (Å²) in [6.07, 6.45) is 0.792. The highest BCUT2D eigenvalue weighted by Gasteiger charge is 2.38. The van der Waals surface area contributed by atoms with Gasteiger partial charge in [0.2, 0.25) is 0 Å². The number of alkyl halides is 1. The van der Waals surface area contributed by atoms with Crippen molar-refractivity contribution in [3.05, 3.63) is 35.4 Å². The molecular formula is C13H18FNO. The molecule has 88 valence electrons. The Morgan fingerprint density at radius 1 is 1.56 bits per heavy atom. The van der Waals surface area contributed by atoms with Crippen LogP contribution in [0.25, 0.3) is 0 Å². The van der Waals surface area contributed by atoms with Gasteiger partial charge in [-0.1, -0.05) is 24.3 Å². The van der Waals surface area contributed by atoms with Gasteiger partial charge in [0, 0.05) is 19.1 Å². The molecule has 0 aliphatic carbocycles. The van der Waals surface area contributed by atoms with Gasteiger partial charge >= 0.3 is 0 Å². The van der Waals surface area contributed by atoms with Crippen molar-refractivity contribution in [1.29, 1.82) is 0 Å². The van der Waals surface area contributed by atoms with E-state index in [0.29, 0.717) is 25.3 Å². The third kappa shape index (κ3) is 2.11. The SMILES string of the molecule is CC(F)(c1cccc(CN)c1)C1CCOC1. The average Bonchev–Trinajstić information content (AvgIpc) is 2.83. The molecule has 1 aliphatic heterocycles. The van der Waals surface area contributed by atoms with Crippen LogP contribution in [-0.2, 0) is 17.0 Å². The summed E-state index contributed by atoms with van der Waals surface area (Å²) in [6.45, 7) is 3.27. The van der Waals surface area contributed by atoms with E-state index in [1.165, 1.54) is 0 Å². The molecule has 1 aromatic rings. The fourth-order valence-corrected chi connectivity index (χ4v) is 2.20. The summed E-state index contributed by atoms with van der Waals surface area (Å²) < 4.78 is 20.0. The van der Waals surface area contributed by atoms with Crippen LogP contribution in [-0.4, -0.2) is 13.2 Å². The van der Waals surface area contributed by atoms with Crippen LogP contribution in [0.15, 0.2) is 24.3 Å². The summed E-state index contributed by atoms with van der Waals surface area (Å²) in [4.78, 5) is 0. The van der Waals surface area contributed by atoms with Crippen molar-refractivity contribution in [2.24, 2.45) is 11.7 Å². The average molecular weight is 223 g/mol. The first-order chi connectivity index (χ1) is 7.64. The number of benzene rings is 1. The van der Waals surface area contributed by atoms with Crippen molar-refractivity contribution in [3.63, 3.8) is 0 Å². The molecule has 2 atom stereocenters. The summed E-state index contributed by atoms with van der Waals surface area (Å²) in [5, 5.41) is 0. The van der Waals surface area contributed by atoms with Crippen LogP contribution in [0.5, 0.6) is 0 Å². The Bertz CT molecular complexity index is 359. The normalized spacial score (nSPS) is 24.3. The molecule has 1 saturated heterocycles. The minimum atomic E-state index is -1.32. The van der Waals surface area contributed by atoms with Crippen molar-refractivity contribution in [2.45, 2.75) is 25.6 Å². The number of nitrogens with two attached hydrogens (primary N) is 1. The van der Waals surface area contributed by atoms with Crippen LogP contribution < -0.4 is 5.73 Å². The largest absolute Gasteiger partial charge is 0.381 e. The Morgan fingerprint density at radius 2 is 2.38 bits per heavy atom. The summed E-state index contributed by atoms with van der Waals surface area (Å²) in [7, 11) is 0. The van der Waals surface area contributed by atoms with Crippen molar-refractivity contribution in [3.8, 4) is 0 Å². The van der Waals surface area contributed by atoms with Crippen LogP contribution in [0, 0.1) is 5.92 Å². The van der Waals surface area contributed by atoms with Crippen molar-refractivity contribution in [2.75, 3.05) is 13.2 Å². The topological polar surface area (TPSA) is 35.2 Å². The van der Waals surface area contributed by atoms with Gasteiger partial charge in [0.1, 0.15) is 5.67 Å². The van der Waals surface area contributed by atoms with Gasteiger partial charge in [-0.15, -0.1) is 0 Å². The Morgan fingerprint density at radius 3 is 3.00 bits per heavy atom. The lowest BCUT2D eigenvalue weighted by molar-refractivity contribution is 0.0823. The second-order valence-corrected chi connectivity index (χ2v) is 4.54. The number of hydrogen-bond donors (Lipinski definition) is 1. The lowest BCUT2D eigenvalue weighted by Crippen LogP contribution is -2.27. The zero-order valence-corrected chi connectivity index (χ0v) is 9.58. The van der Waals surface area contributed by atoms with Crippen molar-refractivity contribution < 1.29 is 9.13 Å². The minimum absolute atomic E-state index is 0.0412. The molecule has 1 heterocycles. The Balaban J connectivity index is 2.26. The molecule has 16 heavy (non-hydrogen) atoms. The molecule has 2 rings (SSSR count). The molecule has 1 aromatic carbocycles. The van der Waals surface area contributed by atoms with E-state index in [-0.39, 0.29) is 5.92 Å². The van der Waals surface area contributed by atoms with Gasteiger partial charge in [-0.25, -0.2) is 4.39 Å². The van der Waals surface area contributed by atoms with E-state index in [9.17, 15) is 4.39 Å². The van der Waals surface area contributed by atoms with E-state index in [1.807, 2.05) is 24.3 Å². The molecule has 2 N–H and O–H groups in total. The fraction of sp³-hybridized carbons (Fsp3) is 0.538. The predicted octanol–water partition coefficient (Wildman–Crippen LogP) is 2.37. The van der Waals surface area contributed by atoms with E-state index in [4.69, 9.17) is 10.5 Å². The molecule has 0 saturated carbocycles. The zero-order chi connectivity index (χ0) is 11.6.